The van der Waals surface area contributed by atoms with E-state index in [0.717, 1.165) is 5.56 Å². The second-order valence-corrected chi connectivity index (χ2v) is 7.30. The van der Waals surface area contributed by atoms with Gasteiger partial charge < -0.3 is 34.2 Å². The molecule has 4 rings (SSSR count). The summed E-state index contributed by atoms with van der Waals surface area (Å²) in [5.41, 5.74) is 1.05. The number of ether oxygens (including phenoxy) is 1. The Morgan fingerprint density at radius 1 is 1.24 bits per heavy atom. The summed E-state index contributed by atoms with van der Waals surface area (Å²) in [4.78, 5) is 29.5. The highest BCUT2D eigenvalue weighted by atomic mass is 16.6. The van der Waals surface area contributed by atoms with Crippen LogP contribution in [0.4, 0.5) is 0 Å². The average molecular weight is 398 g/mol. The highest BCUT2D eigenvalue weighted by molar-refractivity contribution is 6.59. The zero-order chi connectivity index (χ0) is 20.6. The highest BCUT2D eigenvalue weighted by Crippen LogP contribution is 2.38. The molecule has 0 bridgehead atoms. The molecule has 10 heteroatoms. The van der Waals surface area contributed by atoms with E-state index in [1.165, 1.54) is 6.07 Å². The van der Waals surface area contributed by atoms with E-state index in [4.69, 9.17) is 9.39 Å². The molecular formula is C19H19BN2O7-2. The van der Waals surface area contributed by atoms with Gasteiger partial charge >= 0.3 is 6.75 Å². The van der Waals surface area contributed by atoms with Crippen LogP contribution in [-0.2, 0) is 17.6 Å². The van der Waals surface area contributed by atoms with Crippen LogP contribution >= 0.6 is 0 Å². The Kier molecular flexibility index (Phi) is 4.89. The Hall–Kier alpha value is -3.11. The van der Waals surface area contributed by atoms with Crippen LogP contribution in [0.5, 0.6) is 11.5 Å². The molecule has 29 heavy (non-hydrogen) atoms. The van der Waals surface area contributed by atoms with Gasteiger partial charge in [-0.25, -0.2) is 0 Å². The summed E-state index contributed by atoms with van der Waals surface area (Å²) >= 11 is 0. The Bertz CT molecular complexity index is 945. The molecule has 152 valence electrons. The first kappa shape index (κ1) is 19.2. The number of likely N-dealkylation sites (tertiary alicyclic amines) is 1. The zero-order valence-electron chi connectivity index (χ0n) is 15.5. The minimum atomic E-state index is -3.12. The second-order valence-electron chi connectivity index (χ2n) is 7.30. The lowest BCUT2D eigenvalue weighted by atomic mass is 9.70. The first-order valence-electron chi connectivity index (χ1n) is 9.32. The summed E-state index contributed by atoms with van der Waals surface area (Å²) < 4.78 is 10.9. The molecule has 9 nitrogen and oxygen atoms in total. The number of hydrogen-bond donors (Lipinski definition) is 2. The number of aromatic nitrogens is 1. The van der Waals surface area contributed by atoms with Crippen LogP contribution in [0.25, 0.3) is 0 Å². The number of amides is 1. The van der Waals surface area contributed by atoms with Gasteiger partial charge in [0.25, 0.3) is 0 Å². The molecule has 0 unspecified atom stereocenters. The molecule has 0 aliphatic carbocycles. The van der Waals surface area contributed by atoms with Gasteiger partial charge in [0.2, 0.25) is 5.91 Å². The van der Waals surface area contributed by atoms with Crippen molar-refractivity contribution in [3.63, 3.8) is 0 Å². The fourth-order valence-corrected chi connectivity index (χ4v) is 3.50. The largest absolute Gasteiger partial charge is 0.669 e. The van der Waals surface area contributed by atoms with Crippen molar-refractivity contribution in [1.82, 2.24) is 9.88 Å². The van der Waals surface area contributed by atoms with E-state index in [1.807, 2.05) is 0 Å². The maximum Gasteiger partial charge on any atom is 0.430 e. The molecule has 2 aromatic rings. The van der Waals surface area contributed by atoms with E-state index in [1.54, 1.807) is 35.5 Å². The maximum atomic E-state index is 12.3. The highest BCUT2D eigenvalue weighted by Gasteiger charge is 2.35. The lowest BCUT2D eigenvalue weighted by molar-refractivity contribution is -0.255. The number of rotatable bonds is 5. The van der Waals surface area contributed by atoms with Crippen LogP contribution in [0.3, 0.4) is 0 Å². The predicted molar refractivity (Wildman–Crippen MR) is 99.0 cm³/mol. The number of hydrogen-bond acceptors (Lipinski definition) is 8. The van der Waals surface area contributed by atoms with Crippen molar-refractivity contribution >= 4 is 18.6 Å². The smallest absolute Gasteiger partial charge is 0.430 e. The zero-order valence-corrected chi connectivity index (χ0v) is 15.5. The first-order chi connectivity index (χ1) is 13.8. The van der Waals surface area contributed by atoms with Crippen molar-refractivity contribution in [2.75, 3.05) is 13.1 Å². The molecule has 1 amide bonds. The monoisotopic (exact) mass is 398 g/mol. The normalized spacial score (nSPS) is 17.7. The number of fused-ring (bicyclic) bond motifs is 1. The lowest BCUT2D eigenvalue weighted by Gasteiger charge is -2.41. The fraction of sp³-hybridized carbons (Fsp3) is 0.316. The molecule has 2 N–H and O–H groups in total. The molecule has 1 fully saturated rings. The first-order valence-corrected chi connectivity index (χ1v) is 9.32. The van der Waals surface area contributed by atoms with Gasteiger partial charge in [0.15, 0.2) is 0 Å². The molecule has 1 saturated heterocycles. The number of aromatic carboxylic acids is 1. The van der Waals surface area contributed by atoms with E-state index < -0.39 is 12.7 Å². The minimum absolute atomic E-state index is 0.0170. The molecular weight excluding hydrogens is 379 g/mol. The number of aryl methyl sites for hydroxylation is 1. The third-order valence-electron chi connectivity index (χ3n) is 5.10. The van der Waals surface area contributed by atoms with Crippen molar-refractivity contribution < 1.29 is 34.1 Å². The number of nitrogens with zero attached hydrogens (tertiary/aromatic N) is 2. The lowest BCUT2D eigenvalue weighted by Crippen LogP contribution is -2.56. The Balaban J connectivity index is 1.43. The van der Waals surface area contributed by atoms with Crippen LogP contribution in [0.15, 0.2) is 36.7 Å². The summed E-state index contributed by atoms with van der Waals surface area (Å²) in [6.07, 6.45) is 3.37. The molecule has 0 saturated carbocycles. The predicted octanol–water partition coefficient (Wildman–Crippen LogP) is -0.864. The van der Waals surface area contributed by atoms with Crippen molar-refractivity contribution in [1.29, 1.82) is 0 Å². The van der Waals surface area contributed by atoms with Gasteiger partial charge in [-0.1, -0.05) is 12.4 Å². The van der Waals surface area contributed by atoms with Crippen molar-refractivity contribution in [2.45, 2.75) is 25.3 Å². The summed E-state index contributed by atoms with van der Waals surface area (Å²) in [5, 5.41) is 31.2. The molecule has 2 aliphatic rings. The van der Waals surface area contributed by atoms with Gasteiger partial charge in [0, 0.05) is 12.4 Å². The van der Waals surface area contributed by atoms with Crippen LogP contribution in [0.1, 0.15) is 21.5 Å². The van der Waals surface area contributed by atoms with E-state index >= 15 is 0 Å². The Labute approximate surface area is 166 Å². The Morgan fingerprint density at radius 3 is 2.66 bits per heavy atom. The summed E-state index contributed by atoms with van der Waals surface area (Å²) in [6.45, 7) is -2.47. The SMILES string of the molecule is O=C([O-])c1c(OC2CN(C(=O)Cc3ccncc3)C2)ccc2c1O[B-](O)(O)CC2. The fourth-order valence-electron chi connectivity index (χ4n) is 3.50. The summed E-state index contributed by atoms with van der Waals surface area (Å²) in [6, 6.07) is 6.68. The van der Waals surface area contributed by atoms with E-state index in [-0.39, 0.29) is 48.2 Å². The third kappa shape index (κ3) is 4.03. The van der Waals surface area contributed by atoms with Gasteiger partial charge in [-0.3, -0.25) is 9.78 Å². The van der Waals surface area contributed by atoms with E-state index in [0.29, 0.717) is 18.7 Å². The van der Waals surface area contributed by atoms with Crippen LogP contribution in [-0.4, -0.2) is 57.8 Å². The quantitative estimate of drug-likeness (QED) is 0.622. The van der Waals surface area contributed by atoms with Gasteiger partial charge in [-0.05, 0) is 35.7 Å². The van der Waals surface area contributed by atoms with Gasteiger partial charge in [-0.2, -0.15) is 0 Å². The molecule has 0 radical (unpaired) electrons. The second kappa shape index (κ2) is 7.38. The summed E-state index contributed by atoms with van der Waals surface area (Å²) in [7, 11) is 0. The standard InChI is InChI=1S/C19H20BN2O7/c23-16(9-12-4-7-21-8-5-12)22-10-14(11-22)28-15-2-1-13-3-6-20(26,27)29-18(13)17(15)19(24)25/h1-2,4-5,7-8,14,26-27H,3,6,9-11H2,(H,24,25)/q-1/p-1. The number of carboxylic acids is 1. The van der Waals surface area contributed by atoms with Crippen LogP contribution < -0.4 is 14.5 Å². The maximum absolute atomic E-state index is 12.3. The van der Waals surface area contributed by atoms with Crippen molar-refractivity contribution in [2.24, 2.45) is 0 Å². The van der Waals surface area contributed by atoms with Crippen molar-refractivity contribution in [3.05, 3.63) is 53.3 Å². The van der Waals surface area contributed by atoms with Gasteiger partial charge in [0.1, 0.15) is 11.9 Å². The Morgan fingerprint density at radius 2 is 1.97 bits per heavy atom. The van der Waals surface area contributed by atoms with Gasteiger partial charge in [-0.15, -0.1) is 0 Å². The third-order valence-corrected chi connectivity index (χ3v) is 5.10. The van der Waals surface area contributed by atoms with Crippen LogP contribution in [0.2, 0.25) is 6.32 Å². The molecule has 2 aliphatic heterocycles. The minimum Gasteiger partial charge on any atom is -0.669 e. The molecule has 1 aromatic carbocycles. The van der Waals surface area contributed by atoms with E-state index in [9.17, 15) is 24.7 Å². The van der Waals surface area contributed by atoms with Crippen molar-refractivity contribution in [3.8, 4) is 11.5 Å². The van der Waals surface area contributed by atoms with Gasteiger partial charge in [0.05, 0.1) is 36.8 Å². The number of carbonyl (C=O) groups is 2. The topological polar surface area (TPSA) is 132 Å². The number of benzene rings is 1. The summed E-state index contributed by atoms with van der Waals surface area (Å²) in [5.74, 6) is -1.71. The van der Waals surface area contributed by atoms with Crippen LogP contribution in [0, 0.1) is 0 Å². The number of carbonyl (C=O) groups excluding carboxylic acids is 2. The van der Waals surface area contributed by atoms with E-state index in [2.05, 4.69) is 4.98 Å². The average Bonchev–Trinajstić information content (AvgIpc) is 2.63. The molecule has 1 aromatic heterocycles. The molecule has 0 spiro atoms. The number of carboxylic acid groups (broad SMARTS) is 1. The molecule has 3 heterocycles. The molecule has 0 atom stereocenters. The number of pyridine rings is 1.